The molecule has 0 atom stereocenters. The zero-order chi connectivity index (χ0) is 17.4. The SMILES string of the molecule is C#CCn1c(Cc2ccccc2OC)nc2sc3c(c2c1=O)CCC3. The lowest BCUT2D eigenvalue weighted by molar-refractivity contribution is 0.410. The molecule has 4 rings (SSSR count). The Morgan fingerprint density at radius 1 is 1.36 bits per heavy atom. The van der Waals surface area contributed by atoms with Gasteiger partial charge < -0.3 is 4.74 Å². The summed E-state index contributed by atoms with van der Waals surface area (Å²) in [6.45, 7) is 0.233. The van der Waals surface area contributed by atoms with Crippen LogP contribution >= 0.6 is 11.3 Å². The van der Waals surface area contributed by atoms with Crippen LogP contribution in [0.25, 0.3) is 10.2 Å². The van der Waals surface area contributed by atoms with E-state index in [4.69, 9.17) is 16.1 Å². The fourth-order valence-electron chi connectivity index (χ4n) is 3.53. The van der Waals surface area contributed by atoms with Crippen molar-refractivity contribution in [3.05, 3.63) is 56.4 Å². The molecular weight excluding hydrogens is 332 g/mol. The van der Waals surface area contributed by atoms with Gasteiger partial charge in [-0.05, 0) is 30.9 Å². The molecule has 1 aliphatic rings. The number of hydrogen-bond donors (Lipinski definition) is 0. The van der Waals surface area contributed by atoms with Crippen molar-refractivity contribution >= 4 is 21.6 Å². The Hall–Kier alpha value is -2.58. The summed E-state index contributed by atoms with van der Waals surface area (Å²) in [6.07, 6.45) is 9.17. The summed E-state index contributed by atoms with van der Waals surface area (Å²) in [5, 5.41) is 0.775. The lowest BCUT2D eigenvalue weighted by Crippen LogP contribution is -2.25. The number of nitrogens with zero attached hydrogens (tertiary/aromatic N) is 2. The van der Waals surface area contributed by atoms with Crippen LogP contribution in [0.5, 0.6) is 5.75 Å². The lowest BCUT2D eigenvalue weighted by Gasteiger charge is -2.12. The topological polar surface area (TPSA) is 44.1 Å². The van der Waals surface area contributed by atoms with E-state index in [1.165, 1.54) is 10.4 Å². The monoisotopic (exact) mass is 350 g/mol. The van der Waals surface area contributed by atoms with Crippen LogP contribution in [0.2, 0.25) is 0 Å². The zero-order valence-corrected chi connectivity index (χ0v) is 14.9. The van der Waals surface area contributed by atoms with Gasteiger partial charge in [-0.3, -0.25) is 9.36 Å². The van der Waals surface area contributed by atoms with E-state index >= 15 is 0 Å². The van der Waals surface area contributed by atoms with Crippen LogP contribution in [0.4, 0.5) is 0 Å². The van der Waals surface area contributed by atoms with Crippen molar-refractivity contribution in [3.63, 3.8) is 0 Å². The molecule has 0 saturated heterocycles. The number of para-hydroxylation sites is 1. The molecule has 2 aromatic heterocycles. The zero-order valence-electron chi connectivity index (χ0n) is 14.0. The molecule has 0 N–H and O–H groups in total. The molecule has 0 fully saturated rings. The summed E-state index contributed by atoms with van der Waals surface area (Å²) >= 11 is 1.65. The fourth-order valence-corrected chi connectivity index (χ4v) is 4.80. The first-order chi connectivity index (χ1) is 12.2. The third-order valence-corrected chi connectivity index (χ3v) is 5.88. The van der Waals surface area contributed by atoms with Crippen molar-refractivity contribution in [2.24, 2.45) is 0 Å². The average molecular weight is 350 g/mol. The number of benzene rings is 1. The lowest BCUT2D eigenvalue weighted by atomic mass is 10.1. The second-order valence-corrected chi connectivity index (χ2v) is 7.23. The summed E-state index contributed by atoms with van der Waals surface area (Å²) in [7, 11) is 1.65. The first-order valence-corrected chi connectivity index (χ1v) is 9.14. The van der Waals surface area contributed by atoms with Crippen molar-refractivity contribution in [2.75, 3.05) is 7.11 Å². The molecule has 3 aromatic rings. The minimum absolute atomic E-state index is 0.00718. The van der Waals surface area contributed by atoms with E-state index in [0.29, 0.717) is 12.2 Å². The van der Waals surface area contributed by atoms with Crippen LogP contribution in [0, 0.1) is 12.3 Å². The van der Waals surface area contributed by atoms with Crippen LogP contribution < -0.4 is 10.3 Å². The van der Waals surface area contributed by atoms with E-state index in [9.17, 15) is 4.79 Å². The molecule has 0 unspecified atom stereocenters. The first-order valence-electron chi connectivity index (χ1n) is 8.32. The molecule has 0 bridgehead atoms. The van der Waals surface area contributed by atoms with Crippen LogP contribution in [0.3, 0.4) is 0 Å². The summed E-state index contributed by atoms with van der Waals surface area (Å²) < 4.78 is 7.07. The van der Waals surface area contributed by atoms with Gasteiger partial charge in [-0.1, -0.05) is 24.1 Å². The highest BCUT2D eigenvalue weighted by atomic mass is 32.1. The number of terminal acetylenes is 1. The number of rotatable bonds is 4. The molecule has 0 spiro atoms. The Bertz CT molecular complexity index is 1060. The largest absolute Gasteiger partial charge is 0.496 e. The van der Waals surface area contributed by atoms with E-state index in [1.54, 1.807) is 23.0 Å². The number of thiophene rings is 1. The van der Waals surface area contributed by atoms with E-state index in [2.05, 4.69) is 5.92 Å². The molecule has 1 aromatic carbocycles. The van der Waals surface area contributed by atoms with E-state index in [0.717, 1.165) is 40.8 Å². The van der Waals surface area contributed by atoms with Gasteiger partial charge in [0.2, 0.25) is 0 Å². The molecule has 25 heavy (non-hydrogen) atoms. The Labute approximate surface area is 150 Å². The summed E-state index contributed by atoms with van der Waals surface area (Å²) in [5.74, 6) is 4.08. The molecule has 5 heteroatoms. The van der Waals surface area contributed by atoms with Crippen molar-refractivity contribution < 1.29 is 4.74 Å². The van der Waals surface area contributed by atoms with Gasteiger partial charge in [0, 0.05) is 16.9 Å². The predicted octanol–water partition coefficient (Wildman–Crippen LogP) is 3.18. The predicted molar refractivity (Wildman–Crippen MR) is 101 cm³/mol. The second kappa shape index (κ2) is 6.38. The van der Waals surface area contributed by atoms with Gasteiger partial charge in [-0.25, -0.2) is 4.98 Å². The summed E-state index contributed by atoms with van der Waals surface area (Å²) in [6, 6.07) is 7.79. The van der Waals surface area contributed by atoms with E-state index in [-0.39, 0.29) is 12.1 Å². The number of aryl methyl sites for hydroxylation is 2. The third-order valence-electron chi connectivity index (χ3n) is 4.69. The second-order valence-electron chi connectivity index (χ2n) is 6.15. The van der Waals surface area contributed by atoms with Gasteiger partial charge in [-0.2, -0.15) is 0 Å². The first kappa shape index (κ1) is 15.9. The maximum absolute atomic E-state index is 13.1. The molecule has 0 amide bonds. The van der Waals surface area contributed by atoms with E-state index < -0.39 is 0 Å². The van der Waals surface area contributed by atoms with Crippen molar-refractivity contribution in [2.45, 2.75) is 32.2 Å². The van der Waals surface area contributed by atoms with Gasteiger partial charge >= 0.3 is 0 Å². The highest BCUT2D eigenvalue weighted by Crippen LogP contribution is 2.35. The number of hydrogen-bond acceptors (Lipinski definition) is 4. The number of methoxy groups -OCH3 is 1. The Morgan fingerprint density at radius 3 is 3.00 bits per heavy atom. The Kier molecular flexibility index (Phi) is 4.06. The molecule has 4 nitrogen and oxygen atoms in total. The summed E-state index contributed by atoms with van der Waals surface area (Å²) in [4.78, 5) is 20.1. The number of ether oxygens (including phenoxy) is 1. The minimum Gasteiger partial charge on any atom is -0.496 e. The molecule has 126 valence electrons. The van der Waals surface area contributed by atoms with Gasteiger partial charge in [-0.15, -0.1) is 17.8 Å². The molecule has 0 aliphatic heterocycles. The highest BCUT2D eigenvalue weighted by molar-refractivity contribution is 7.18. The highest BCUT2D eigenvalue weighted by Gasteiger charge is 2.23. The van der Waals surface area contributed by atoms with Gasteiger partial charge in [0.15, 0.2) is 0 Å². The van der Waals surface area contributed by atoms with Crippen LogP contribution in [-0.2, 0) is 25.8 Å². The smallest absolute Gasteiger partial charge is 0.263 e. The van der Waals surface area contributed by atoms with Crippen molar-refractivity contribution in [1.29, 1.82) is 0 Å². The third kappa shape index (κ3) is 2.63. The Balaban J connectivity index is 1.90. The number of fused-ring (bicyclic) bond motifs is 3. The normalized spacial score (nSPS) is 13.0. The molecular formula is C20H18N2O2S. The maximum Gasteiger partial charge on any atom is 0.263 e. The average Bonchev–Trinajstić information content (AvgIpc) is 3.19. The molecule has 0 radical (unpaired) electrons. The standard InChI is InChI=1S/C20H18N2O2S/c1-3-11-22-17(12-13-7-4-5-9-15(13)24-2)21-19-18(20(22)23)14-8-6-10-16(14)25-19/h1,4-5,7,9H,6,8,10-12H2,2H3. The minimum atomic E-state index is -0.00718. The van der Waals surface area contributed by atoms with Gasteiger partial charge in [0.25, 0.3) is 5.56 Å². The summed E-state index contributed by atoms with van der Waals surface area (Å²) in [5.41, 5.74) is 2.17. The molecule has 0 saturated carbocycles. The van der Waals surface area contributed by atoms with Crippen molar-refractivity contribution in [1.82, 2.24) is 9.55 Å². The fraction of sp³-hybridized carbons (Fsp3) is 0.300. The molecule has 1 aliphatic carbocycles. The van der Waals surface area contributed by atoms with Crippen LogP contribution in [0.1, 0.15) is 28.2 Å². The maximum atomic E-state index is 13.1. The van der Waals surface area contributed by atoms with Crippen LogP contribution in [0.15, 0.2) is 29.1 Å². The number of aromatic nitrogens is 2. The van der Waals surface area contributed by atoms with E-state index in [1.807, 2.05) is 24.3 Å². The van der Waals surface area contributed by atoms with Gasteiger partial charge in [0.1, 0.15) is 16.4 Å². The van der Waals surface area contributed by atoms with Crippen LogP contribution in [-0.4, -0.2) is 16.7 Å². The van der Waals surface area contributed by atoms with Crippen molar-refractivity contribution in [3.8, 4) is 18.1 Å². The quantitative estimate of drug-likeness (QED) is 0.679. The van der Waals surface area contributed by atoms with Gasteiger partial charge in [0.05, 0.1) is 19.0 Å². The Morgan fingerprint density at radius 2 is 2.20 bits per heavy atom. The molecule has 2 heterocycles.